The van der Waals surface area contributed by atoms with Gasteiger partial charge in [0, 0.05) is 28.2 Å². The van der Waals surface area contributed by atoms with Crippen molar-refractivity contribution in [1.29, 1.82) is 0 Å². The number of nitrogens with one attached hydrogen (secondary N) is 1. The molecule has 4 nitrogen and oxygen atoms in total. The van der Waals surface area contributed by atoms with Gasteiger partial charge in [0.25, 0.3) is 0 Å². The van der Waals surface area contributed by atoms with Gasteiger partial charge >= 0.3 is 0 Å². The number of likely N-dealkylation sites (tertiary alicyclic amines) is 1. The molecular formula is C38H40FN3O. The fourth-order valence-electron chi connectivity index (χ4n) is 6.47. The number of amides is 1. The highest BCUT2D eigenvalue weighted by Crippen LogP contribution is 2.38. The molecule has 0 aliphatic carbocycles. The van der Waals surface area contributed by atoms with E-state index in [-0.39, 0.29) is 17.6 Å². The maximum Gasteiger partial charge on any atom is 0.226 e. The highest BCUT2D eigenvalue weighted by Gasteiger charge is 2.24. The Labute approximate surface area is 254 Å². The van der Waals surface area contributed by atoms with Crippen LogP contribution in [-0.4, -0.2) is 35.0 Å². The van der Waals surface area contributed by atoms with Crippen molar-refractivity contribution in [2.45, 2.75) is 45.4 Å². The summed E-state index contributed by atoms with van der Waals surface area (Å²) >= 11 is 0. The van der Waals surface area contributed by atoms with Crippen LogP contribution >= 0.6 is 0 Å². The number of aromatic nitrogens is 1. The largest absolute Gasteiger partial charge is 0.326 e. The molecule has 5 heteroatoms. The van der Waals surface area contributed by atoms with Crippen molar-refractivity contribution in [3.8, 4) is 16.9 Å². The molecule has 1 saturated heterocycles. The number of carbonyl (C=O) groups excluding carboxylic acids is 1. The minimum atomic E-state index is -0.196. The van der Waals surface area contributed by atoms with E-state index in [1.165, 1.54) is 16.5 Å². The molecule has 0 saturated carbocycles. The van der Waals surface area contributed by atoms with Crippen LogP contribution in [0.5, 0.6) is 0 Å². The number of anilines is 1. The van der Waals surface area contributed by atoms with Crippen LogP contribution in [0.15, 0.2) is 103 Å². The zero-order valence-corrected chi connectivity index (χ0v) is 25.1. The first-order valence-corrected chi connectivity index (χ1v) is 15.6. The number of benzene rings is 4. The summed E-state index contributed by atoms with van der Waals surface area (Å²) in [6.07, 6.45) is 4.10. The minimum Gasteiger partial charge on any atom is -0.326 e. The molecule has 1 aromatic heterocycles. The lowest BCUT2D eigenvalue weighted by Gasteiger charge is -2.32. The summed E-state index contributed by atoms with van der Waals surface area (Å²) in [5, 5.41) is 4.23. The number of halogens is 1. The first kappa shape index (κ1) is 28.9. The zero-order valence-electron chi connectivity index (χ0n) is 25.1. The van der Waals surface area contributed by atoms with Gasteiger partial charge in [-0.15, -0.1) is 0 Å². The topological polar surface area (TPSA) is 37.3 Å². The summed E-state index contributed by atoms with van der Waals surface area (Å²) in [5.74, 6) is 0.323. The Morgan fingerprint density at radius 3 is 2.37 bits per heavy atom. The van der Waals surface area contributed by atoms with Crippen LogP contribution in [0.2, 0.25) is 0 Å². The number of fused-ring (bicyclic) bond motifs is 1. The Bertz CT molecular complexity index is 1700. The van der Waals surface area contributed by atoms with Crippen LogP contribution in [0, 0.1) is 11.7 Å². The molecule has 1 N–H and O–H groups in total. The number of carbonyl (C=O) groups is 1. The smallest absolute Gasteiger partial charge is 0.226 e. The van der Waals surface area contributed by atoms with E-state index in [4.69, 9.17) is 0 Å². The van der Waals surface area contributed by atoms with Gasteiger partial charge in [0.05, 0.1) is 11.2 Å². The van der Waals surface area contributed by atoms with E-state index in [0.29, 0.717) is 11.5 Å². The number of piperidine rings is 1. The Morgan fingerprint density at radius 1 is 0.884 bits per heavy atom. The maximum absolute atomic E-state index is 15.3. The van der Waals surface area contributed by atoms with Gasteiger partial charge in [0.2, 0.25) is 5.91 Å². The molecule has 0 unspecified atom stereocenters. The van der Waals surface area contributed by atoms with Crippen LogP contribution < -0.4 is 5.32 Å². The lowest BCUT2D eigenvalue weighted by atomic mass is 9.89. The lowest BCUT2D eigenvalue weighted by Crippen LogP contribution is -2.33. The molecule has 1 amide bonds. The van der Waals surface area contributed by atoms with Gasteiger partial charge in [-0.3, -0.25) is 4.79 Å². The number of aryl methyl sites for hydroxylation is 1. The molecule has 0 bridgehead atoms. The molecule has 1 aliphatic heterocycles. The summed E-state index contributed by atoms with van der Waals surface area (Å²) in [7, 11) is 0. The van der Waals surface area contributed by atoms with Crippen molar-refractivity contribution < 1.29 is 9.18 Å². The van der Waals surface area contributed by atoms with E-state index in [2.05, 4.69) is 69.4 Å². The van der Waals surface area contributed by atoms with Gasteiger partial charge in [-0.25, -0.2) is 4.39 Å². The Kier molecular flexibility index (Phi) is 8.71. The van der Waals surface area contributed by atoms with Gasteiger partial charge in [-0.05, 0) is 105 Å². The third-order valence-corrected chi connectivity index (χ3v) is 8.76. The zero-order chi connectivity index (χ0) is 29.8. The highest BCUT2D eigenvalue weighted by molar-refractivity contribution is 5.94. The molecule has 0 radical (unpaired) electrons. The van der Waals surface area contributed by atoms with Crippen molar-refractivity contribution in [2.24, 2.45) is 5.92 Å². The van der Waals surface area contributed by atoms with E-state index < -0.39 is 0 Å². The number of rotatable bonds is 9. The van der Waals surface area contributed by atoms with Crippen LogP contribution in [0.25, 0.3) is 27.8 Å². The Hall–Kier alpha value is -4.22. The normalized spacial score (nSPS) is 14.4. The monoisotopic (exact) mass is 573 g/mol. The summed E-state index contributed by atoms with van der Waals surface area (Å²) in [6, 6.07) is 34.3. The average molecular weight is 574 g/mol. The van der Waals surface area contributed by atoms with Gasteiger partial charge < -0.3 is 14.8 Å². The van der Waals surface area contributed by atoms with Gasteiger partial charge in [-0.1, -0.05) is 74.5 Å². The first-order chi connectivity index (χ1) is 21.0. The predicted octanol–water partition coefficient (Wildman–Crippen LogP) is 8.84. The molecule has 0 atom stereocenters. The SMILES string of the molecule is CC(C)C(=O)Nc1cccc(C2CCN(CCCc3c(-c4ccccc4F)n(-c4ccccc4)c4ccccc34)CC2)c1. The number of hydrogen-bond donors (Lipinski definition) is 1. The number of para-hydroxylation sites is 2. The third-order valence-electron chi connectivity index (χ3n) is 8.76. The second-order valence-corrected chi connectivity index (χ2v) is 12.0. The molecule has 1 fully saturated rings. The van der Waals surface area contributed by atoms with Crippen molar-refractivity contribution in [3.63, 3.8) is 0 Å². The molecule has 43 heavy (non-hydrogen) atoms. The van der Waals surface area contributed by atoms with Crippen molar-refractivity contribution in [3.05, 3.63) is 120 Å². The van der Waals surface area contributed by atoms with Crippen molar-refractivity contribution in [1.82, 2.24) is 9.47 Å². The fraction of sp³-hybridized carbons (Fsp3) is 0.289. The summed E-state index contributed by atoms with van der Waals surface area (Å²) in [6.45, 7) is 6.95. The van der Waals surface area contributed by atoms with Crippen LogP contribution in [0.4, 0.5) is 10.1 Å². The van der Waals surface area contributed by atoms with Gasteiger partial charge in [0.15, 0.2) is 0 Å². The quantitative estimate of drug-likeness (QED) is 0.191. The second kappa shape index (κ2) is 13.0. The highest BCUT2D eigenvalue weighted by atomic mass is 19.1. The molecular weight excluding hydrogens is 533 g/mol. The molecule has 6 rings (SSSR count). The molecule has 1 aliphatic rings. The Morgan fingerprint density at radius 2 is 1.60 bits per heavy atom. The maximum atomic E-state index is 15.3. The third kappa shape index (κ3) is 6.28. The number of nitrogens with zero attached hydrogens (tertiary/aromatic N) is 2. The van der Waals surface area contributed by atoms with E-state index in [0.717, 1.165) is 67.9 Å². The van der Waals surface area contributed by atoms with Crippen LogP contribution in [0.1, 0.15) is 50.2 Å². The van der Waals surface area contributed by atoms with Crippen molar-refractivity contribution >= 4 is 22.5 Å². The summed E-state index contributed by atoms with van der Waals surface area (Å²) in [5.41, 5.74) is 7.15. The molecule has 220 valence electrons. The summed E-state index contributed by atoms with van der Waals surface area (Å²) < 4.78 is 17.6. The predicted molar refractivity (Wildman–Crippen MR) is 175 cm³/mol. The molecule has 5 aromatic rings. The van der Waals surface area contributed by atoms with E-state index in [1.807, 2.05) is 50.2 Å². The Balaban J connectivity index is 1.18. The second-order valence-electron chi connectivity index (χ2n) is 12.0. The van der Waals surface area contributed by atoms with Gasteiger partial charge in [0.1, 0.15) is 5.82 Å². The van der Waals surface area contributed by atoms with E-state index in [9.17, 15) is 4.79 Å². The summed E-state index contributed by atoms with van der Waals surface area (Å²) in [4.78, 5) is 14.7. The average Bonchev–Trinajstić information content (AvgIpc) is 3.36. The molecule has 4 aromatic carbocycles. The first-order valence-electron chi connectivity index (χ1n) is 15.6. The lowest BCUT2D eigenvalue weighted by molar-refractivity contribution is -0.118. The fourth-order valence-corrected chi connectivity index (χ4v) is 6.47. The van der Waals surface area contributed by atoms with Crippen LogP contribution in [-0.2, 0) is 11.2 Å². The van der Waals surface area contributed by atoms with Crippen molar-refractivity contribution in [2.75, 3.05) is 25.0 Å². The standard InChI is InChI=1S/C38H40FN3O/c1-27(2)38(43)40-30-13-10-12-29(26-30)28-21-24-41(25-22-28)23-11-18-33-32-16-7-9-20-36(32)42(31-14-4-3-5-15-31)37(33)34-17-6-8-19-35(34)39/h3-10,12-17,19-20,26-28H,11,18,21-25H2,1-2H3,(H,40,43). The molecule has 0 spiro atoms. The van der Waals surface area contributed by atoms with Gasteiger partial charge in [-0.2, -0.15) is 0 Å². The van der Waals surface area contributed by atoms with E-state index in [1.54, 1.807) is 12.1 Å². The minimum absolute atomic E-state index is 0.0374. The number of hydrogen-bond acceptors (Lipinski definition) is 2. The van der Waals surface area contributed by atoms with Crippen LogP contribution in [0.3, 0.4) is 0 Å². The molecule has 2 heterocycles. The van der Waals surface area contributed by atoms with E-state index >= 15 is 4.39 Å².